The first-order chi connectivity index (χ1) is 13.1. The smallest absolute Gasteiger partial charge is 0.410 e. The van der Waals surface area contributed by atoms with Crippen molar-refractivity contribution in [2.24, 2.45) is 5.92 Å². The van der Waals surface area contributed by atoms with E-state index in [0.717, 1.165) is 11.5 Å². The number of rotatable bonds is 2. The lowest BCUT2D eigenvalue weighted by Crippen LogP contribution is -2.44. The molecule has 29 heavy (non-hydrogen) atoms. The lowest BCUT2D eigenvalue weighted by molar-refractivity contribution is -0.121. The van der Waals surface area contributed by atoms with Crippen LogP contribution in [0.5, 0.6) is 0 Å². The molecular formula is C22H38N4O3. The molecule has 1 aliphatic rings. The quantitative estimate of drug-likeness (QED) is 0.783. The Bertz CT molecular complexity index is 740. The lowest BCUT2D eigenvalue weighted by atomic mass is 9.92. The van der Waals surface area contributed by atoms with E-state index >= 15 is 0 Å². The van der Waals surface area contributed by atoms with Crippen LogP contribution in [0.1, 0.15) is 80.8 Å². The van der Waals surface area contributed by atoms with Gasteiger partial charge in [0.1, 0.15) is 11.4 Å². The van der Waals surface area contributed by atoms with E-state index in [2.05, 4.69) is 46.9 Å². The molecule has 0 aliphatic carbocycles. The van der Waals surface area contributed by atoms with Gasteiger partial charge in [-0.2, -0.15) is 5.10 Å². The fourth-order valence-electron chi connectivity index (χ4n) is 3.23. The SMILES string of the molecule is CC(C)(C)OC(=O)N1CCC(C(=O)Nc2cc(C(C)(C)C)nn2C(C)(C)C)CC1. The second-order valence-corrected chi connectivity index (χ2v) is 11.0. The van der Waals surface area contributed by atoms with Crippen molar-refractivity contribution in [1.82, 2.24) is 14.7 Å². The van der Waals surface area contributed by atoms with Crippen molar-refractivity contribution in [3.63, 3.8) is 0 Å². The topological polar surface area (TPSA) is 76.5 Å². The standard InChI is InChI=1S/C22H38N4O3/c1-20(2,3)16-14-17(26(24-16)21(4,5)6)23-18(27)15-10-12-25(13-11-15)19(28)29-22(7,8)9/h14-15H,10-13H2,1-9H3,(H,23,27). The monoisotopic (exact) mass is 406 g/mol. The highest BCUT2D eigenvalue weighted by Crippen LogP contribution is 2.29. The third-order valence-electron chi connectivity index (χ3n) is 4.88. The number of aromatic nitrogens is 2. The first-order valence-corrected chi connectivity index (χ1v) is 10.5. The van der Waals surface area contributed by atoms with Crippen molar-refractivity contribution in [1.29, 1.82) is 0 Å². The van der Waals surface area contributed by atoms with Crippen molar-refractivity contribution in [3.8, 4) is 0 Å². The number of nitrogens with zero attached hydrogens (tertiary/aromatic N) is 3. The summed E-state index contributed by atoms with van der Waals surface area (Å²) in [5, 5.41) is 7.84. The van der Waals surface area contributed by atoms with Crippen molar-refractivity contribution in [2.45, 2.75) is 91.7 Å². The molecule has 2 heterocycles. The van der Waals surface area contributed by atoms with Crippen LogP contribution in [-0.2, 0) is 20.5 Å². The molecule has 1 N–H and O–H groups in total. The van der Waals surface area contributed by atoms with Gasteiger partial charge in [-0.3, -0.25) is 4.79 Å². The lowest BCUT2D eigenvalue weighted by Gasteiger charge is -2.33. The summed E-state index contributed by atoms with van der Waals surface area (Å²) in [5.74, 6) is 0.580. The Morgan fingerprint density at radius 2 is 1.59 bits per heavy atom. The summed E-state index contributed by atoms with van der Waals surface area (Å²) in [6.45, 7) is 19.2. The van der Waals surface area contributed by atoms with E-state index in [9.17, 15) is 9.59 Å². The molecular weight excluding hydrogens is 368 g/mol. The van der Waals surface area contributed by atoms with Gasteiger partial charge in [-0.1, -0.05) is 20.8 Å². The molecule has 2 rings (SSSR count). The molecule has 1 aromatic heterocycles. The number of carbonyl (C=O) groups excluding carboxylic acids is 2. The minimum atomic E-state index is -0.512. The number of hydrogen-bond acceptors (Lipinski definition) is 4. The molecule has 0 bridgehead atoms. The fraction of sp³-hybridized carbons (Fsp3) is 0.773. The Kier molecular flexibility index (Phi) is 6.40. The maximum Gasteiger partial charge on any atom is 0.410 e. The molecule has 0 aromatic carbocycles. The van der Waals surface area contributed by atoms with Crippen LogP contribution in [0.25, 0.3) is 0 Å². The molecule has 0 saturated carbocycles. The van der Waals surface area contributed by atoms with Gasteiger partial charge in [-0.25, -0.2) is 9.48 Å². The zero-order chi connectivity index (χ0) is 22.2. The molecule has 0 spiro atoms. The van der Waals surface area contributed by atoms with Gasteiger partial charge in [0.25, 0.3) is 0 Å². The maximum absolute atomic E-state index is 12.9. The van der Waals surface area contributed by atoms with Gasteiger partial charge >= 0.3 is 6.09 Å². The molecule has 0 atom stereocenters. The van der Waals surface area contributed by atoms with E-state index in [4.69, 9.17) is 9.84 Å². The molecule has 1 aromatic rings. The molecule has 0 unspecified atom stereocenters. The molecule has 1 fully saturated rings. The minimum absolute atomic E-state index is 0.0142. The highest BCUT2D eigenvalue weighted by atomic mass is 16.6. The van der Waals surface area contributed by atoms with E-state index in [1.165, 1.54) is 0 Å². The number of nitrogens with one attached hydrogen (secondary N) is 1. The molecule has 0 radical (unpaired) electrons. The number of carbonyl (C=O) groups is 2. The van der Waals surface area contributed by atoms with Crippen molar-refractivity contribution in [2.75, 3.05) is 18.4 Å². The summed E-state index contributed by atoms with van der Waals surface area (Å²) in [6.07, 6.45) is 0.943. The van der Waals surface area contributed by atoms with Crippen LogP contribution in [0.4, 0.5) is 10.6 Å². The van der Waals surface area contributed by atoms with Crippen LogP contribution in [-0.4, -0.2) is 45.4 Å². The Hall–Kier alpha value is -2.05. The van der Waals surface area contributed by atoms with Crippen LogP contribution in [0.3, 0.4) is 0 Å². The number of likely N-dealkylation sites (tertiary alicyclic amines) is 1. The van der Waals surface area contributed by atoms with Crippen LogP contribution in [0.2, 0.25) is 0 Å². The van der Waals surface area contributed by atoms with Crippen molar-refractivity contribution < 1.29 is 14.3 Å². The highest BCUT2D eigenvalue weighted by Gasteiger charge is 2.31. The molecule has 1 saturated heterocycles. The van der Waals surface area contributed by atoms with Crippen molar-refractivity contribution >= 4 is 17.8 Å². The van der Waals surface area contributed by atoms with Crippen LogP contribution in [0.15, 0.2) is 6.07 Å². The van der Waals surface area contributed by atoms with Gasteiger partial charge in [-0.15, -0.1) is 0 Å². The third kappa shape index (κ3) is 6.21. The molecule has 7 nitrogen and oxygen atoms in total. The van der Waals surface area contributed by atoms with Crippen LogP contribution < -0.4 is 5.32 Å². The van der Waals surface area contributed by atoms with E-state index in [-0.39, 0.29) is 28.9 Å². The fourth-order valence-corrected chi connectivity index (χ4v) is 3.23. The average molecular weight is 407 g/mol. The Morgan fingerprint density at radius 1 is 1.03 bits per heavy atom. The zero-order valence-electron chi connectivity index (χ0n) is 19.5. The normalized spacial score (nSPS) is 16.7. The average Bonchev–Trinajstić information content (AvgIpc) is 2.97. The van der Waals surface area contributed by atoms with Gasteiger partial charge in [0.15, 0.2) is 0 Å². The van der Waals surface area contributed by atoms with E-state index in [0.29, 0.717) is 25.9 Å². The predicted octanol–water partition coefficient (Wildman–Crippen LogP) is 4.52. The van der Waals surface area contributed by atoms with Gasteiger partial charge < -0.3 is 15.0 Å². The van der Waals surface area contributed by atoms with Gasteiger partial charge in [0.2, 0.25) is 5.91 Å². The Morgan fingerprint density at radius 3 is 2.03 bits per heavy atom. The number of piperidine rings is 1. The highest BCUT2D eigenvalue weighted by molar-refractivity contribution is 5.92. The minimum Gasteiger partial charge on any atom is -0.444 e. The summed E-state index contributed by atoms with van der Waals surface area (Å²) in [5.41, 5.74) is 0.0880. The first-order valence-electron chi connectivity index (χ1n) is 10.5. The molecule has 7 heteroatoms. The van der Waals surface area contributed by atoms with Crippen molar-refractivity contribution in [3.05, 3.63) is 11.8 Å². The molecule has 2 amide bonds. The van der Waals surface area contributed by atoms with Crippen LogP contribution in [0, 0.1) is 5.92 Å². The summed E-state index contributed by atoms with van der Waals surface area (Å²) in [4.78, 5) is 26.8. The van der Waals surface area contributed by atoms with Gasteiger partial charge in [-0.05, 0) is 54.4 Å². The Balaban J connectivity index is 2.05. The Labute approximate surface area is 175 Å². The van der Waals surface area contributed by atoms with Gasteiger partial charge in [0.05, 0.1) is 11.2 Å². The zero-order valence-corrected chi connectivity index (χ0v) is 19.5. The summed E-state index contributed by atoms with van der Waals surface area (Å²) in [6, 6.07) is 1.97. The number of hydrogen-bond donors (Lipinski definition) is 1. The summed E-state index contributed by atoms with van der Waals surface area (Å²) < 4.78 is 7.32. The number of amides is 2. The summed E-state index contributed by atoms with van der Waals surface area (Å²) in [7, 11) is 0. The maximum atomic E-state index is 12.9. The third-order valence-corrected chi connectivity index (χ3v) is 4.88. The van der Waals surface area contributed by atoms with Gasteiger partial charge in [0, 0.05) is 30.5 Å². The summed E-state index contributed by atoms with van der Waals surface area (Å²) >= 11 is 0. The predicted molar refractivity (Wildman–Crippen MR) is 115 cm³/mol. The van der Waals surface area contributed by atoms with E-state index < -0.39 is 5.60 Å². The molecule has 164 valence electrons. The molecule has 1 aliphatic heterocycles. The second-order valence-electron chi connectivity index (χ2n) is 11.0. The second kappa shape index (κ2) is 8.00. The number of ether oxygens (including phenoxy) is 1. The van der Waals surface area contributed by atoms with Crippen LogP contribution >= 0.6 is 0 Å². The largest absolute Gasteiger partial charge is 0.444 e. The van der Waals surface area contributed by atoms with E-state index in [1.54, 1.807) is 4.90 Å². The number of anilines is 1. The first kappa shape index (κ1) is 23.2. The van der Waals surface area contributed by atoms with E-state index in [1.807, 2.05) is 31.5 Å².